The summed E-state index contributed by atoms with van der Waals surface area (Å²) in [5, 5.41) is 0. The smallest absolute Gasteiger partial charge is 0.0674 e. The molecule has 0 amide bonds. The van der Waals surface area contributed by atoms with Gasteiger partial charge in [0.05, 0.1) is 11.2 Å². The Kier molecular flexibility index (Phi) is 8.58. The fraction of sp³-hybridized carbons (Fsp3) is 0.222. The summed E-state index contributed by atoms with van der Waals surface area (Å²) in [6.07, 6.45) is 6.19. The van der Waals surface area contributed by atoms with Gasteiger partial charge >= 0.3 is 0 Å². The van der Waals surface area contributed by atoms with Crippen molar-refractivity contribution in [2.24, 2.45) is 0 Å². The molecule has 0 bridgehead atoms. The molecule has 188 valence electrons. The average Bonchev–Trinajstić information content (AvgIpc) is 2.89. The molecule has 4 aromatic rings. The molecular formula is C36H38O. The van der Waals surface area contributed by atoms with Gasteiger partial charge in [0.15, 0.2) is 0 Å². The van der Waals surface area contributed by atoms with Crippen LogP contribution in [0, 0.1) is 0 Å². The molecule has 0 heterocycles. The molecule has 4 aromatic carbocycles. The van der Waals surface area contributed by atoms with Crippen LogP contribution in [0.15, 0.2) is 121 Å². The van der Waals surface area contributed by atoms with Gasteiger partial charge in [-0.15, -0.1) is 0 Å². The molecule has 4 rings (SSSR count). The maximum atomic E-state index is 6.92. The van der Waals surface area contributed by atoms with E-state index in [-0.39, 0.29) is 11.2 Å². The highest BCUT2D eigenvalue weighted by atomic mass is 16.5. The third kappa shape index (κ3) is 8.17. The fourth-order valence-electron chi connectivity index (χ4n) is 5.02. The van der Waals surface area contributed by atoms with Gasteiger partial charge in [-0.3, -0.25) is 0 Å². The number of rotatable bonds is 10. The molecule has 0 N–H and O–H groups in total. The average molecular weight is 487 g/mol. The van der Waals surface area contributed by atoms with E-state index in [0.29, 0.717) is 0 Å². The normalized spacial score (nSPS) is 13.0. The lowest BCUT2D eigenvalue weighted by Gasteiger charge is -2.37. The molecule has 0 aliphatic rings. The lowest BCUT2D eigenvalue weighted by molar-refractivity contribution is -0.116. The Morgan fingerprint density at radius 2 is 0.784 bits per heavy atom. The van der Waals surface area contributed by atoms with Gasteiger partial charge in [-0.2, -0.15) is 0 Å². The second-order valence-electron chi connectivity index (χ2n) is 10.9. The molecule has 0 spiro atoms. The van der Waals surface area contributed by atoms with Crippen molar-refractivity contribution in [3.8, 4) is 0 Å². The third-order valence-corrected chi connectivity index (χ3v) is 6.36. The molecule has 1 heteroatoms. The minimum atomic E-state index is -0.367. The Morgan fingerprint density at radius 1 is 0.486 bits per heavy atom. The lowest BCUT2D eigenvalue weighted by Crippen LogP contribution is -2.37. The van der Waals surface area contributed by atoms with Gasteiger partial charge in [0.1, 0.15) is 0 Å². The van der Waals surface area contributed by atoms with Crippen molar-refractivity contribution in [1.29, 1.82) is 0 Å². The zero-order valence-electron chi connectivity index (χ0n) is 22.5. The molecule has 1 nitrogen and oxygen atoms in total. The quantitative estimate of drug-likeness (QED) is 0.203. The van der Waals surface area contributed by atoms with Crippen LogP contribution in [0.2, 0.25) is 0 Å². The number of hydrogen-bond acceptors (Lipinski definition) is 1. The van der Waals surface area contributed by atoms with Gasteiger partial charge in [0, 0.05) is 12.8 Å². The molecule has 0 aliphatic heterocycles. The van der Waals surface area contributed by atoms with Crippen LogP contribution < -0.4 is 0 Å². The van der Waals surface area contributed by atoms with E-state index in [4.69, 9.17) is 4.74 Å². The van der Waals surface area contributed by atoms with Crippen LogP contribution in [0.4, 0.5) is 0 Å². The van der Waals surface area contributed by atoms with Crippen LogP contribution in [0.1, 0.15) is 62.8 Å². The van der Waals surface area contributed by atoms with Gasteiger partial charge in [-0.1, -0.05) is 133 Å². The van der Waals surface area contributed by atoms with Crippen molar-refractivity contribution < 1.29 is 4.74 Å². The molecule has 0 saturated carbocycles. The molecule has 0 aliphatic carbocycles. The van der Waals surface area contributed by atoms with E-state index in [1.807, 2.05) is 0 Å². The SMILES string of the molecule is CC(C)(CC(=Cc1ccccc1)c1ccccc1)OC(C)(C)CC(=Cc1ccccc1)c1ccccc1. The maximum Gasteiger partial charge on any atom is 0.0674 e. The lowest BCUT2D eigenvalue weighted by atomic mass is 9.88. The second-order valence-corrected chi connectivity index (χ2v) is 10.9. The fourth-order valence-corrected chi connectivity index (χ4v) is 5.02. The highest BCUT2D eigenvalue weighted by Gasteiger charge is 2.31. The van der Waals surface area contributed by atoms with Crippen LogP contribution >= 0.6 is 0 Å². The standard InChI is InChI=1S/C36H38O/c1-35(2,27-33(31-21-13-7-14-22-31)25-29-17-9-5-10-18-29)37-36(3,4)28-34(32-23-15-8-16-24-32)26-30-19-11-6-12-20-30/h5-26H,27-28H2,1-4H3. The monoisotopic (exact) mass is 486 g/mol. The van der Waals surface area contributed by atoms with E-state index in [9.17, 15) is 0 Å². The highest BCUT2D eigenvalue weighted by Crippen LogP contribution is 2.36. The first kappa shape index (κ1) is 26.4. The summed E-state index contributed by atoms with van der Waals surface area (Å²) in [5.41, 5.74) is 6.68. The Labute approximate surface area is 223 Å². The molecule has 0 fully saturated rings. The zero-order valence-corrected chi connectivity index (χ0v) is 22.5. The van der Waals surface area contributed by atoms with Gasteiger partial charge in [0.2, 0.25) is 0 Å². The molecular weight excluding hydrogens is 448 g/mol. The molecule has 0 unspecified atom stereocenters. The van der Waals surface area contributed by atoms with Gasteiger partial charge in [0.25, 0.3) is 0 Å². The summed E-state index contributed by atoms with van der Waals surface area (Å²) in [6, 6.07) is 42.4. The first-order valence-electron chi connectivity index (χ1n) is 13.1. The summed E-state index contributed by atoms with van der Waals surface area (Å²) in [5.74, 6) is 0. The van der Waals surface area contributed by atoms with Crippen molar-refractivity contribution in [2.45, 2.75) is 51.7 Å². The zero-order chi connectivity index (χ0) is 26.1. The third-order valence-electron chi connectivity index (χ3n) is 6.36. The molecule has 37 heavy (non-hydrogen) atoms. The first-order chi connectivity index (χ1) is 17.8. The Hall–Kier alpha value is -3.68. The van der Waals surface area contributed by atoms with E-state index in [2.05, 4.69) is 161 Å². The Morgan fingerprint density at radius 3 is 1.11 bits per heavy atom. The largest absolute Gasteiger partial charge is 0.369 e. The first-order valence-corrected chi connectivity index (χ1v) is 13.1. The van der Waals surface area contributed by atoms with Crippen LogP contribution in [-0.4, -0.2) is 11.2 Å². The van der Waals surface area contributed by atoms with E-state index < -0.39 is 0 Å². The number of ether oxygens (including phenoxy) is 1. The predicted octanol–water partition coefficient (Wildman–Crippen LogP) is 9.82. The minimum Gasteiger partial charge on any atom is -0.369 e. The van der Waals surface area contributed by atoms with Crippen molar-refractivity contribution in [2.75, 3.05) is 0 Å². The summed E-state index contributed by atoms with van der Waals surface area (Å²) in [4.78, 5) is 0. The topological polar surface area (TPSA) is 9.23 Å². The van der Waals surface area contributed by atoms with Crippen LogP contribution in [0.25, 0.3) is 23.3 Å². The van der Waals surface area contributed by atoms with Crippen molar-refractivity contribution >= 4 is 23.3 Å². The van der Waals surface area contributed by atoms with Gasteiger partial charge in [-0.25, -0.2) is 0 Å². The maximum absolute atomic E-state index is 6.92. The Bertz CT molecular complexity index is 1190. The van der Waals surface area contributed by atoms with E-state index in [0.717, 1.165) is 12.8 Å². The van der Waals surface area contributed by atoms with Crippen LogP contribution in [0.5, 0.6) is 0 Å². The van der Waals surface area contributed by atoms with E-state index in [1.54, 1.807) is 0 Å². The number of hydrogen-bond donors (Lipinski definition) is 0. The second kappa shape index (κ2) is 12.0. The summed E-state index contributed by atoms with van der Waals surface area (Å²) in [6.45, 7) is 8.83. The predicted molar refractivity (Wildman–Crippen MR) is 160 cm³/mol. The summed E-state index contributed by atoms with van der Waals surface area (Å²) >= 11 is 0. The van der Waals surface area contributed by atoms with Gasteiger partial charge < -0.3 is 4.74 Å². The Balaban J connectivity index is 1.59. The van der Waals surface area contributed by atoms with Gasteiger partial charge in [-0.05, 0) is 61.1 Å². The van der Waals surface area contributed by atoms with Crippen molar-refractivity contribution in [3.05, 3.63) is 144 Å². The van der Waals surface area contributed by atoms with Crippen molar-refractivity contribution in [1.82, 2.24) is 0 Å². The molecule has 0 radical (unpaired) electrons. The summed E-state index contributed by atoms with van der Waals surface area (Å²) in [7, 11) is 0. The minimum absolute atomic E-state index is 0.367. The molecule has 0 saturated heterocycles. The molecule has 0 aromatic heterocycles. The number of benzene rings is 4. The summed E-state index contributed by atoms with van der Waals surface area (Å²) < 4.78 is 6.92. The van der Waals surface area contributed by atoms with Crippen LogP contribution in [0.3, 0.4) is 0 Å². The highest BCUT2D eigenvalue weighted by molar-refractivity contribution is 5.83. The van der Waals surface area contributed by atoms with E-state index in [1.165, 1.54) is 33.4 Å². The van der Waals surface area contributed by atoms with Crippen LogP contribution in [-0.2, 0) is 4.74 Å². The van der Waals surface area contributed by atoms with E-state index >= 15 is 0 Å². The van der Waals surface area contributed by atoms with Crippen molar-refractivity contribution in [3.63, 3.8) is 0 Å². The molecule has 0 atom stereocenters.